The average molecular weight is 279 g/mol. The zero-order valence-electron chi connectivity index (χ0n) is 10.2. The van der Waals surface area contributed by atoms with E-state index in [4.69, 9.17) is 9.84 Å². The van der Waals surface area contributed by atoms with E-state index in [2.05, 4.69) is 0 Å². The van der Waals surface area contributed by atoms with Crippen molar-refractivity contribution in [3.63, 3.8) is 0 Å². The Morgan fingerprint density at radius 2 is 2.06 bits per heavy atom. The Bertz CT molecular complexity index is 418. The molecular weight excluding hydrogens is 262 g/mol. The topological polar surface area (TPSA) is 101 Å². The highest BCUT2D eigenvalue weighted by Crippen LogP contribution is 2.09. The Morgan fingerprint density at radius 3 is 2.61 bits per heavy atom. The zero-order chi connectivity index (χ0) is 13.8. The first kappa shape index (κ1) is 14.9. The summed E-state index contributed by atoms with van der Waals surface area (Å²) in [5.74, 6) is -1.43. The molecule has 1 rings (SSSR count). The van der Waals surface area contributed by atoms with E-state index in [-0.39, 0.29) is 37.7 Å². The van der Waals surface area contributed by atoms with Gasteiger partial charge in [-0.25, -0.2) is 8.42 Å². The summed E-state index contributed by atoms with van der Waals surface area (Å²) < 4.78 is 27.5. The molecule has 0 aliphatic carbocycles. The number of carboxylic acid groups (broad SMARTS) is 1. The van der Waals surface area contributed by atoms with Crippen LogP contribution in [0.4, 0.5) is 0 Å². The van der Waals surface area contributed by atoms with E-state index in [0.717, 1.165) is 6.26 Å². The Labute approximate surface area is 106 Å². The molecule has 0 saturated carbocycles. The number of carboxylic acids is 1. The standard InChI is InChI=1S/C10H17NO6S/c1-18(15,16)7-8-6-11(4-5-17-8)9(12)2-3-10(13)14/h8H,2-7H2,1H3,(H,13,14). The van der Waals surface area contributed by atoms with Crippen molar-refractivity contribution in [2.45, 2.75) is 18.9 Å². The molecule has 1 fully saturated rings. The highest BCUT2D eigenvalue weighted by atomic mass is 32.2. The highest BCUT2D eigenvalue weighted by molar-refractivity contribution is 7.90. The molecule has 1 unspecified atom stereocenters. The lowest BCUT2D eigenvalue weighted by molar-refractivity contribution is -0.143. The van der Waals surface area contributed by atoms with Gasteiger partial charge in [0.2, 0.25) is 5.91 Å². The maximum atomic E-state index is 11.7. The number of aliphatic carboxylic acids is 1. The van der Waals surface area contributed by atoms with Gasteiger partial charge < -0.3 is 14.7 Å². The molecule has 8 heteroatoms. The third-order valence-corrected chi connectivity index (χ3v) is 3.51. The van der Waals surface area contributed by atoms with Gasteiger partial charge in [-0.3, -0.25) is 9.59 Å². The van der Waals surface area contributed by atoms with Crippen LogP contribution >= 0.6 is 0 Å². The number of ether oxygens (including phenoxy) is 1. The number of morpholine rings is 1. The maximum Gasteiger partial charge on any atom is 0.303 e. The summed E-state index contributed by atoms with van der Waals surface area (Å²) in [5.41, 5.74) is 0. The average Bonchev–Trinajstić information content (AvgIpc) is 2.23. The number of carbonyl (C=O) groups excluding carboxylic acids is 1. The lowest BCUT2D eigenvalue weighted by atomic mass is 10.2. The van der Waals surface area contributed by atoms with E-state index in [1.807, 2.05) is 0 Å². The van der Waals surface area contributed by atoms with Crippen LogP contribution < -0.4 is 0 Å². The molecule has 1 aliphatic heterocycles. The zero-order valence-corrected chi connectivity index (χ0v) is 11.0. The third-order valence-electron chi connectivity index (χ3n) is 2.53. The van der Waals surface area contributed by atoms with Gasteiger partial charge in [0.1, 0.15) is 9.84 Å². The van der Waals surface area contributed by atoms with Crippen molar-refractivity contribution >= 4 is 21.7 Å². The SMILES string of the molecule is CS(=O)(=O)CC1CN(C(=O)CCC(=O)O)CCO1. The van der Waals surface area contributed by atoms with E-state index in [1.54, 1.807) is 0 Å². The van der Waals surface area contributed by atoms with Gasteiger partial charge in [-0.1, -0.05) is 0 Å². The van der Waals surface area contributed by atoms with Gasteiger partial charge >= 0.3 is 5.97 Å². The van der Waals surface area contributed by atoms with Gasteiger partial charge in [0.05, 0.1) is 24.9 Å². The number of amides is 1. The van der Waals surface area contributed by atoms with Crippen LogP contribution in [0, 0.1) is 0 Å². The quantitative estimate of drug-likeness (QED) is 0.701. The lowest BCUT2D eigenvalue weighted by Crippen LogP contribution is -2.47. The van der Waals surface area contributed by atoms with Crippen molar-refractivity contribution in [3.05, 3.63) is 0 Å². The number of hydrogen-bond donors (Lipinski definition) is 1. The second-order valence-corrected chi connectivity index (χ2v) is 6.50. The molecule has 1 aliphatic rings. The van der Waals surface area contributed by atoms with Gasteiger partial charge in [0.15, 0.2) is 0 Å². The normalized spacial score (nSPS) is 20.7. The highest BCUT2D eigenvalue weighted by Gasteiger charge is 2.26. The van der Waals surface area contributed by atoms with Crippen molar-refractivity contribution < 1.29 is 27.9 Å². The van der Waals surface area contributed by atoms with E-state index in [0.29, 0.717) is 6.54 Å². The smallest absolute Gasteiger partial charge is 0.303 e. The monoisotopic (exact) mass is 279 g/mol. The second kappa shape index (κ2) is 6.14. The van der Waals surface area contributed by atoms with Crippen LogP contribution in [0.25, 0.3) is 0 Å². The van der Waals surface area contributed by atoms with Crippen LogP contribution in [0.5, 0.6) is 0 Å². The summed E-state index contributed by atoms with van der Waals surface area (Å²) in [5, 5.41) is 8.49. The molecule has 1 saturated heterocycles. The fourth-order valence-electron chi connectivity index (χ4n) is 1.76. The van der Waals surface area contributed by atoms with Crippen LogP contribution in [-0.2, 0) is 24.2 Å². The fraction of sp³-hybridized carbons (Fsp3) is 0.800. The fourth-order valence-corrected chi connectivity index (χ4v) is 2.63. The summed E-state index contributed by atoms with van der Waals surface area (Å²) >= 11 is 0. The summed E-state index contributed by atoms with van der Waals surface area (Å²) in [6.07, 6.45) is 0.303. The minimum absolute atomic E-state index is 0.0685. The van der Waals surface area contributed by atoms with Gasteiger partial charge in [-0.15, -0.1) is 0 Å². The molecule has 0 radical (unpaired) electrons. The first-order valence-electron chi connectivity index (χ1n) is 5.57. The number of rotatable bonds is 5. The van der Waals surface area contributed by atoms with E-state index in [1.165, 1.54) is 4.90 Å². The first-order valence-corrected chi connectivity index (χ1v) is 7.63. The minimum Gasteiger partial charge on any atom is -0.481 e. The third kappa shape index (κ3) is 5.46. The molecule has 0 aromatic rings. The van der Waals surface area contributed by atoms with Crippen LogP contribution in [0.15, 0.2) is 0 Å². The Kier molecular flexibility index (Phi) is 5.09. The van der Waals surface area contributed by atoms with Crippen LogP contribution in [0.3, 0.4) is 0 Å². The van der Waals surface area contributed by atoms with Gasteiger partial charge in [-0.2, -0.15) is 0 Å². The Hall–Kier alpha value is -1.15. The predicted octanol–water partition coefficient (Wildman–Crippen LogP) is -0.877. The molecule has 104 valence electrons. The largest absolute Gasteiger partial charge is 0.481 e. The molecule has 7 nitrogen and oxygen atoms in total. The molecule has 1 heterocycles. The molecule has 0 spiro atoms. The van der Waals surface area contributed by atoms with Crippen molar-refractivity contribution in [1.82, 2.24) is 4.90 Å². The van der Waals surface area contributed by atoms with Crippen molar-refractivity contribution in [1.29, 1.82) is 0 Å². The van der Waals surface area contributed by atoms with E-state index >= 15 is 0 Å². The van der Waals surface area contributed by atoms with Crippen molar-refractivity contribution in [3.8, 4) is 0 Å². The molecule has 1 amide bonds. The second-order valence-electron chi connectivity index (χ2n) is 4.32. The first-order chi connectivity index (χ1) is 8.28. The number of carbonyl (C=O) groups is 2. The summed E-state index contributed by atoms with van der Waals surface area (Å²) in [4.78, 5) is 23.5. The minimum atomic E-state index is -3.16. The Balaban J connectivity index is 2.48. The van der Waals surface area contributed by atoms with Crippen molar-refractivity contribution in [2.75, 3.05) is 31.7 Å². The van der Waals surface area contributed by atoms with Crippen LogP contribution in [0.2, 0.25) is 0 Å². The van der Waals surface area contributed by atoms with Crippen LogP contribution in [-0.4, -0.2) is 68.1 Å². The number of nitrogens with zero attached hydrogens (tertiary/aromatic N) is 1. The summed E-state index contributed by atoms with van der Waals surface area (Å²) in [6.45, 7) is 0.850. The molecular formula is C10H17NO6S. The van der Waals surface area contributed by atoms with E-state index < -0.39 is 21.9 Å². The molecule has 0 bridgehead atoms. The maximum absolute atomic E-state index is 11.7. The van der Waals surface area contributed by atoms with Gasteiger partial charge in [-0.05, 0) is 0 Å². The summed E-state index contributed by atoms with van der Waals surface area (Å²) in [6, 6.07) is 0. The van der Waals surface area contributed by atoms with Crippen molar-refractivity contribution in [2.24, 2.45) is 0 Å². The molecule has 1 atom stereocenters. The molecule has 1 N–H and O–H groups in total. The van der Waals surface area contributed by atoms with Gasteiger partial charge in [0.25, 0.3) is 0 Å². The summed E-state index contributed by atoms with van der Waals surface area (Å²) in [7, 11) is -3.16. The Morgan fingerprint density at radius 1 is 1.39 bits per heavy atom. The number of sulfone groups is 1. The predicted molar refractivity (Wildman–Crippen MR) is 62.9 cm³/mol. The molecule has 0 aromatic carbocycles. The number of hydrogen-bond acceptors (Lipinski definition) is 5. The van der Waals surface area contributed by atoms with Gasteiger partial charge in [0, 0.05) is 25.8 Å². The molecule has 18 heavy (non-hydrogen) atoms. The van der Waals surface area contributed by atoms with E-state index in [9.17, 15) is 18.0 Å². The van der Waals surface area contributed by atoms with Crippen LogP contribution in [0.1, 0.15) is 12.8 Å². The molecule has 0 aromatic heterocycles. The lowest BCUT2D eigenvalue weighted by Gasteiger charge is -2.32.